The highest BCUT2D eigenvalue weighted by Crippen LogP contribution is 2.08. The second kappa shape index (κ2) is 5.07. The zero-order valence-electron chi connectivity index (χ0n) is 7.24. The first-order chi connectivity index (χ1) is 6.74. The Bertz CT molecular complexity index is 334. The van der Waals surface area contributed by atoms with Gasteiger partial charge in [-0.05, 0) is 0 Å². The molecule has 0 aliphatic rings. The molecule has 0 bridgehead atoms. The lowest BCUT2D eigenvalue weighted by atomic mass is 10.3. The van der Waals surface area contributed by atoms with Gasteiger partial charge in [-0.1, -0.05) is 0 Å². The van der Waals surface area contributed by atoms with Gasteiger partial charge >= 0.3 is 0 Å². The summed E-state index contributed by atoms with van der Waals surface area (Å²) in [5.41, 5.74) is 0.252. The number of anilines is 1. The van der Waals surface area contributed by atoms with E-state index in [0.717, 1.165) is 0 Å². The van der Waals surface area contributed by atoms with Crippen molar-refractivity contribution in [2.75, 3.05) is 11.9 Å². The molecule has 0 fully saturated rings. The predicted molar refractivity (Wildman–Crippen MR) is 45.9 cm³/mol. The van der Waals surface area contributed by atoms with Crippen LogP contribution in [0.3, 0.4) is 0 Å². The van der Waals surface area contributed by atoms with Crippen LogP contribution in [-0.4, -0.2) is 22.9 Å². The molecule has 0 atom stereocenters. The molecule has 14 heavy (non-hydrogen) atoms. The Hall–Kier alpha value is -1.77. The van der Waals surface area contributed by atoms with Crippen molar-refractivity contribution >= 4 is 5.82 Å². The van der Waals surface area contributed by atoms with Crippen molar-refractivity contribution in [1.82, 2.24) is 9.97 Å². The van der Waals surface area contributed by atoms with Gasteiger partial charge in [0.1, 0.15) is 23.8 Å². The Kier molecular flexibility index (Phi) is 3.73. The molecule has 0 aliphatic carbocycles. The van der Waals surface area contributed by atoms with Crippen LogP contribution in [0.25, 0.3) is 0 Å². The maximum atomic E-state index is 11.8. The van der Waals surface area contributed by atoms with Gasteiger partial charge in [0, 0.05) is 13.0 Å². The molecule has 6 heteroatoms. The minimum atomic E-state index is -2.35. The number of hydrogen-bond donors (Lipinski definition) is 1. The lowest BCUT2D eigenvalue weighted by Crippen LogP contribution is -2.08. The number of hydrogen-bond acceptors (Lipinski definition) is 4. The van der Waals surface area contributed by atoms with Crippen LogP contribution in [0.1, 0.15) is 12.0 Å². The van der Waals surface area contributed by atoms with Gasteiger partial charge in [-0.3, -0.25) is 0 Å². The molecule has 0 radical (unpaired) electrons. The van der Waals surface area contributed by atoms with E-state index in [-0.39, 0.29) is 18.5 Å². The molecule has 0 aromatic carbocycles. The van der Waals surface area contributed by atoms with Crippen LogP contribution < -0.4 is 5.32 Å². The molecular weight excluding hydrogens is 190 g/mol. The molecule has 0 unspecified atom stereocenters. The average molecular weight is 198 g/mol. The normalized spacial score (nSPS) is 9.86. The van der Waals surface area contributed by atoms with Gasteiger partial charge in [0.2, 0.25) is 6.43 Å². The van der Waals surface area contributed by atoms with Crippen molar-refractivity contribution in [2.24, 2.45) is 0 Å². The third-order valence-corrected chi connectivity index (χ3v) is 1.49. The van der Waals surface area contributed by atoms with E-state index in [1.807, 2.05) is 6.07 Å². The zero-order chi connectivity index (χ0) is 10.4. The SMILES string of the molecule is N#Cc1cncnc1NCCC(F)F. The summed E-state index contributed by atoms with van der Waals surface area (Å²) in [5, 5.41) is 11.3. The van der Waals surface area contributed by atoms with Gasteiger partial charge in [0.15, 0.2) is 0 Å². The van der Waals surface area contributed by atoms with E-state index in [2.05, 4.69) is 15.3 Å². The summed E-state index contributed by atoms with van der Waals surface area (Å²) in [7, 11) is 0. The van der Waals surface area contributed by atoms with Crippen molar-refractivity contribution in [3.8, 4) is 6.07 Å². The molecule has 0 amide bonds. The summed E-state index contributed by atoms with van der Waals surface area (Å²) in [4.78, 5) is 7.39. The van der Waals surface area contributed by atoms with Crippen molar-refractivity contribution < 1.29 is 8.78 Å². The Morgan fingerprint density at radius 3 is 3.00 bits per heavy atom. The summed E-state index contributed by atoms with van der Waals surface area (Å²) in [6.45, 7) is 0.0867. The summed E-state index contributed by atoms with van der Waals surface area (Å²) < 4.78 is 23.6. The Labute approximate surface area is 79.6 Å². The molecule has 1 N–H and O–H groups in total. The first-order valence-electron chi connectivity index (χ1n) is 3.96. The minimum Gasteiger partial charge on any atom is -0.369 e. The largest absolute Gasteiger partial charge is 0.369 e. The Balaban J connectivity index is 2.54. The Morgan fingerprint density at radius 1 is 1.57 bits per heavy atom. The van der Waals surface area contributed by atoms with Gasteiger partial charge in [0.05, 0.1) is 6.20 Å². The number of nitrogens with zero attached hydrogens (tertiary/aromatic N) is 3. The fourth-order valence-corrected chi connectivity index (χ4v) is 0.852. The first-order valence-corrected chi connectivity index (χ1v) is 3.96. The fourth-order valence-electron chi connectivity index (χ4n) is 0.852. The summed E-state index contributed by atoms with van der Waals surface area (Å²) in [6.07, 6.45) is -0.0344. The summed E-state index contributed by atoms with van der Waals surface area (Å²) in [6, 6.07) is 1.86. The van der Waals surface area contributed by atoms with Crippen LogP contribution in [-0.2, 0) is 0 Å². The monoisotopic (exact) mass is 198 g/mol. The maximum absolute atomic E-state index is 11.8. The molecule has 0 saturated heterocycles. The second-order valence-corrected chi connectivity index (χ2v) is 2.50. The lowest BCUT2D eigenvalue weighted by Gasteiger charge is -2.05. The second-order valence-electron chi connectivity index (χ2n) is 2.50. The highest BCUT2D eigenvalue weighted by Gasteiger charge is 2.04. The number of aromatic nitrogens is 2. The summed E-state index contributed by atoms with van der Waals surface area (Å²) in [5.74, 6) is 0.295. The summed E-state index contributed by atoms with van der Waals surface area (Å²) >= 11 is 0. The Morgan fingerprint density at radius 2 is 2.36 bits per heavy atom. The highest BCUT2D eigenvalue weighted by molar-refractivity contribution is 5.49. The minimum absolute atomic E-state index is 0.0867. The molecule has 4 nitrogen and oxygen atoms in total. The molecule has 74 valence electrons. The van der Waals surface area contributed by atoms with Crippen molar-refractivity contribution in [1.29, 1.82) is 5.26 Å². The van der Waals surface area contributed by atoms with E-state index < -0.39 is 6.43 Å². The number of nitrogens with one attached hydrogen (secondary N) is 1. The van der Waals surface area contributed by atoms with Crippen LogP contribution in [0.5, 0.6) is 0 Å². The molecule has 1 rings (SSSR count). The van der Waals surface area contributed by atoms with Crippen LogP contribution in [0.15, 0.2) is 12.5 Å². The molecule has 0 spiro atoms. The van der Waals surface area contributed by atoms with Crippen molar-refractivity contribution in [3.63, 3.8) is 0 Å². The van der Waals surface area contributed by atoms with Crippen LogP contribution in [0.4, 0.5) is 14.6 Å². The molecular formula is C8H8F2N4. The first kappa shape index (κ1) is 10.3. The third kappa shape index (κ3) is 2.94. The van der Waals surface area contributed by atoms with Crippen LogP contribution in [0, 0.1) is 11.3 Å². The molecule has 1 aromatic heterocycles. The van der Waals surface area contributed by atoms with Gasteiger partial charge < -0.3 is 5.32 Å². The van der Waals surface area contributed by atoms with E-state index in [4.69, 9.17) is 5.26 Å². The number of halogens is 2. The number of alkyl halides is 2. The fraction of sp³-hybridized carbons (Fsp3) is 0.375. The van der Waals surface area contributed by atoms with Crippen molar-refractivity contribution in [3.05, 3.63) is 18.1 Å². The van der Waals surface area contributed by atoms with E-state index in [9.17, 15) is 8.78 Å². The maximum Gasteiger partial charge on any atom is 0.240 e. The standard InChI is InChI=1S/C8H8F2N4/c9-7(10)1-2-13-8-6(3-11)4-12-5-14-8/h4-5,7H,1-2H2,(H,12,13,14). The molecule has 1 aromatic rings. The average Bonchev–Trinajstić information content (AvgIpc) is 2.18. The van der Waals surface area contributed by atoms with E-state index in [0.29, 0.717) is 5.82 Å². The third-order valence-electron chi connectivity index (χ3n) is 1.49. The van der Waals surface area contributed by atoms with Gasteiger partial charge in [-0.2, -0.15) is 5.26 Å². The molecule has 1 heterocycles. The molecule has 0 saturated carbocycles. The predicted octanol–water partition coefficient (Wildman–Crippen LogP) is 1.42. The van der Waals surface area contributed by atoms with E-state index >= 15 is 0 Å². The van der Waals surface area contributed by atoms with Crippen LogP contribution >= 0.6 is 0 Å². The topological polar surface area (TPSA) is 61.6 Å². The van der Waals surface area contributed by atoms with E-state index in [1.165, 1.54) is 12.5 Å². The van der Waals surface area contributed by atoms with Crippen molar-refractivity contribution in [2.45, 2.75) is 12.8 Å². The lowest BCUT2D eigenvalue weighted by molar-refractivity contribution is 0.142. The van der Waals surface area contributed by atoms with Crippen LogP contribution in [0.2, 0.25) is 0 Å². The van der Waals surface area contributed by atoms with Gasteiger partial charge in [-0.15, -0.1) is 0 Å². The quantitative estimate of drug-likeness (QED) is 0.794. The highest BCUT2D eigenvalue weighted by atomic mass is 19.3. The zero-order valence-corrected chi connectivity index (χ0v) is 7.24. The van der Waals surface area contributed by atoms with Gasteiger partial charge in [0.25, 0.3) is 0 Å². The number of nitriles is 1. The van der Waals surface area contributed by atoms with E-state index in [1.54, 1.807) is 0 Å². The smallest absolute Gasteiger partial charge is 0.240 e. The number of rotatable bonds is 4. The molecule has 0 aliphatic heterocycles. The van der Waals surface area contributed by atoms with Gasteiger partial charge in [-0.25, -0.2) is 18.7 Å².